The van der Waals surface area contributed by atoms with Gasteiger partial charge in [-0.25, -0.2) is 9.97 Å². The molecule has 2 heterocycles. The fraction of sp³-hybridized carbons (Fsp3) is 0. The van der Waals surface area contributed by atoms with Gasteiger partial charge in [0.25, 0.3) is 0 Å². The molecule has 3 nitrogen and oxygen atoms in total. The van der Waals surface area contributed by atoms with Gasteiger partial charge in [-0.15, -0.1) is 0 Å². The van der Waals surface area contributed by atoms with Crippen LogP contribution < -0.4 is 0 Å². The predicted octanol–water partition coefficient (Wildman–Crippen LogP) is 13.7. The van der Waals surface area contributed by atoms with Crippen LogP contribution in [0, 0.1) is 0 Å². The number of benzene rings is 9. The summed E-state index contributed by atoms with van der Waals surface area (Å²) in [5.41, 5.74) is 8.62. The number of furan rings is 1. The number of nitrogens with zero attached hydrogens (tertiary/aromatic N) is 2. The number of rotatable bonds is 4. The number of para-hydroxylation sites is 1. The van der Waals surface area contributed by atoms with E-state index in [1.165, 1.54) is 43.1 Å². The molecule has 11 rings (SSSR count). The van der Waals surface area contributed by atoms with Crippen LogP contribution in [0.2, 0.25) is 0 Å². The molecule has 0 N–H and O–H groups in total. The van der Waals surface area contributed by atoms with Gasteiger partial charge in [-0.2, -0.15) is 0 Å². The molecule has 0 amide bonds. The van der Waals surface area contributed by atoms with Crippen molar-refractivity contribution in [1.29, 1.82) is 0 Å². The van der Waals surface area contributed by atoms with Crippen molar-refractivity contribution in [3.8, 4) is 45.0 Å². The van der Waals surface area contributed by atoms with Gasteiger partial charge in [0.1, 0.15) is 11.2 Å². The zero-order valence-electron chi connectivity index (χ0n) is 28.6. The first kappa shape index (κ1) is 29.6. The summed E-state index contributed by atoms with van der Waals surface area (Å²) in [6.07, 6.45) is 0. The molecule has 246 valence electrons. The standard InChI is InChI=1S/C50H30N2O/c1-2-13-32(14-3-1)45-30-46(35-25-24-31-12-4-5-15-33(31)28-35)52-50(51-45)43-22-11-23-47-48(43)42-21-10-20-36(49(42)53-47)34-26-27-41-39-18-7-6-16-37(39)38-17-8-9-19-40(38)44(41)29-34/h1-30H. The minimum Gasteiger partial charge on any atom is -0.455 e. The van der Waals surface area contributed by atoms with Crippen molar-refractivity contribution in [2.75, 3.05) is 0 Å². The van der Waals surface area contributed by atoms with Gasteiger partial charge in [-0.1, -0.05) is 158 Å². The summed E-state index contributed by atoms with van der Waals surface area (Å²) in [5.74, 6) is 0.664. The third kappa shape index (κ3) is 4.75. The molecular formula is C50H30N2O. The van der Waals surface area contributed by atoms with Gasteiger partial charge in [0.2, 0.25) is 0 Å². The predicted molar refractivity (Wildman–Crippen MR) is 221 cm³/mol. The van der Waals surface area contributed by atoms with E-state index in [1.54, 1.807) is 0 Å². The lowest BCUT2D eigenvalue weighted by Gasteiger charge is -2.12. The minimum absolute atomic E-state index is 0.664. The van der Waals surface area contributed by atoms with Gasteiger partial charge in [-0.3, -0.25) is 0 Å². The van der Waals surface area contributed by atoms with Crippen molar-refractivity contribution in [2.45, 2.75) is 0 Å². The molecule has 0 fully saturated rings. The van der Waals surface area contributed by atoms with Crippen LogP contribution in [-0.4, -0.2) is 9.97 Å². The summed E-state index contributed by atoms with van der Waals surface area (Å²) in [6, 6.07) is 64.3. The van der Waals surface area contributed by atoms with Gasteiger partial charge in [0.15, 0.2) is 5.82 Å². The molecule has 0 radical (unpaired) electrons. The third-order valence-corrected chi connectivity index (χ3v) is 10.7. The lowest BCUT2D eigenvalue weighted by molar-refractivity contribution is 0.670. The van der Waals surface area contributed by atoms with Crippen LogP contribution in [0.3, 0.4) is 0 Å². The van der Waals surface area contributed by atoms with Crippen molar-refractivity contribution < 1.29 is 4.42 Å². The molecule has 0 saturated heterocycles. The Labute approximate surface area is 305 Å². The second kappa shape index (κ2) is 11.7. The molecule has 0 atom stereocenters. The van der Waals surface area contributed by atoms with Gasteiger partial charge >= 0.3 is 0 Å². The van der Waals surface area contributed by atoms with Crippen LogP contribution >= 0.6 is 0 Å². The Morgan fingerprint density at radius 2 is 0.925 bits per heavy atom. The molecule has 9 aromatic carbocycles. The average Bonchev–Trinajstić information content (AvgIpc) is 3.63. The third-order valence-electron chi connectivity index (χ3n) is 10.7. The van der Waals surface area contributed by atoms with Crippen molar-refractivity contribution in [3.63, 3.8) is 0 Å². The highest BCUT2D eigenvalue weighted by Crippen LogP contribution is 2.43. The van der Waals surface area contributed by atoms with Crippen LogP contribution in [0.25, 0.3) is 110 Å². The topological polar surface area (TPSA) is 38.9 Å². The van der Waals surface area contributed by atoms with E-state index < -0.39 is 0 Å². The Hall–Kier alpha value is -7.10. The average molecular weight is 675 g/mol. The van der Waals surface area contributed by atoms with E-state index in [0.29, 0.717) is 5.82 Å². The van der Waals surface area contributed by atoms with Crippen LogP contribution in [0.4, 0.5) is 0 Å². The largest absolute Gasteiger partial charge is 0.455 e. The maximum atomic E-state index is 6.79. The zero-order chi connectivity index (χ0) is 34.9. The summed E-state index contributed by atoms with van der Waals surface area (Å²) < 4.78 is 6.79. The molecule has 0 aliphatic rings. The first-order valence-electron chi connectivity index (χ1n) is 18.0. The minimum atomic E-state index is 0.664. The molecule has 0 aliphatic heterocycles. The molecule has 0 saturated carbocycles. The maximum absolute atomic E-state index is 6.79. The lowest BCUT2D eigenvalue weighted by atomic mass is 9.91. The van der Waals surface area contributed by atoms with Gasteiger partial charge in [0.05, 0.1) is 11.4 Å². The molecule has 0 aliphatic carbocycles. The molecule has 53 heavy (non-hydrogen) atoms. The lowest BCUT2D eigenvalue weighted by Crippen LogP contribution is -1.96. The molecule has 11 aromatic rings. The van der Waals surface area contributed by atoms with E-state index in [4.69, 9.17) is 14.4 Å². The van der Waals surface area contributed by atoms with Gasteiger partial charge < -0.3 is 4.42 Å². The Morgan fingerprint density at radius 3 is 1.70 bits per heavy atom. The Bertz CT molecular complexity index is 3200. The first-order chi connectivity index (χ1) is 26.3. The Kier molecular flexibility index (Phi) is 6.55. The van der Waals surface area contributed by atoms with E-state index in [1.807, 2.05) is 18.2 Å². The van der Waals surface area contributed by atoms with Crippen molar-refractivity contribution >= 4 is 65.0 Å². The first-order valence-corrected chi connectivity index (χ1v) is 18.0. The van der Waals surface area contributed by atoms with Crippen molar-refractivity contribution in [2.24, 2.45) is 0 Å². The van der Waals surface area contributed by atoms with Crippen molar-refractivity contribution in [1.82, 2.24) is 9.97 Å². The second-order valence-corrected chi connectivity index (χ2v) is 13.7. The number of aromatic nitrogens is 2. The Morgan fingerprint density at radius 1 is 0.340 bits per heavy atom. The number of hydrogen-bond donors (Lipinski definition) is 0. The Balaban J connectivity index is 1.12. The zero-order valence-corrected chi connectivity index (χ0v) is 28.6. The SMILES string of the molecule is c1ccc(-c2cc(-c3ccc4ccccc4c3)nc(-c3cccc4oc5c(-c6ccc7c8ccccc8c8ccccc8c7c6)cccc5c34)n2)cc1. The molecule has 0 unspecified atom stereocenters. The summed E-state index contributed by atoms with van der Waals surface area (Å²) in [4.78, 5) is 10.5. The summed E-state index contributed by atoms with van der Waals surface area (Å²) >= 11 is 0. The van der Waals surface area contributed by atoms with Crippen LogP contribution in [-0.2, 0) is 0 Å². The van der Waals surface area contributed by atoms with Crippen molar-refractivity contribution in [3.05, 3.63) is 182 Å². The van der Waals surface area contributed by atoms with Gasteiger partial charge in [0, 0.05) is 33.0 Å². The second-order valence-electron chi connectivity index (χ2n) is 13.7. The number of fused-ring (bicyclic) bond motifs is 10. The van der Waals surface area contributed by atoms with Crippen LogP contribution in [0.1, 0.15) is 0 Å². The van der Waals surface area contributed by atoms with E-state index in [0.717, 1.165) is 61.1 Å². The number of hydrogen-bond acceptors (Lipinski definition) is 3. The van der Waals surface area contributed by atoms with Gasteiger partial charge in [-0.05, 0) is 72.9 Å². The van der Waals surface area contributed by atoms with Crippen LogP contribution in [0.15, 0.2) is 186 Å². The van der Waals surface area contributed by atoms with Crippen LogP contribution in [0.5, 0.6) is 0 Å². The molecule has 3 heteroatoms. The van der Waals surface area contributed by atoms with E-state index in [2.05, 4.69) is 164 Å². The quantitative estimate of drug-likeness (QED) is 0.174. The highest BCUT2D eigenvalue weighted by atomic mass is 16.3. The molecular weight excluding hydrogens is 645 g/mol. The maximum Gasteiger partial charge on any atom is 0.161 e. The monoisotopic (exact) mass is 674 g/mol. The fourth-order valence-electron chi connectivity index (χ4n) is 8.16. The normalized spacial score (nSPS) is 11.8. The molecule has 0 bridgehead atoms. The summed E-state index contributed by atoms with van der Waals surface area (Å²) in [5, 5.41) is 12.0. The molecule has 2 aromatic heterocycles. The van der Waals surface area contributed by atoms with E-state index in [9.17, 15) is 0 Å². The highest BCUT2D eigenvalue weighted by molar-refractivity contribution is 6.26. The van der Waals surface area contributed by atoms with E-state index in [-0.39, 0.29) is 0 Å². The highest BCUT2D eigenvalue weighted by Gasteiger charge is 2.20. The molecule has 0 spiro atoms. The smallest absolute Gasteiger partial charge is 0.161 e. The summed E-state index contributed by atoms with van der Waals surface area (Å²) in [6.45, 7) is 0. The fourth-order valence-corrected chi connectivity index (χ4v) is 8.16. The summed E-state index contributed by atoms with van der Waals surface area (Å²) in [7, 11) is 0. The van der Waals surface area contributed by atoms with E-state index >= 15 is 0 Å².